The van der Waals surface area contributed by atoms with Gasteiger partial charge in [0.1, 0.15) is 7.85 Å². The minimum atomic E-state index is 0.359. The number of hydrogen-bond donors (Lipinski definition) is 1. The number of nitrogens with one attached hydrogen (secondary N) is 1. The van der Waals surface area contributed by atoms with Crippen LogP contribution in [0, 0.1) is 0 Å². The van der Waals surface area contributed by atoms with E-state index in [9.17, 15) is 0 Å². The van der Waals surface area contributed by atoms with Crippen LogP contribution in [0.1, 0.15) is 30.0 Å². The summed E-state index contributed by atoms with van der Waals surface area (Å²) in [6.07, 6.45) is 3.56. The van der Waals surface area contributed by atoms with Crippen LogP contribution in [-0.2, 0) is 6.42 Å². The summed E-state index contributed by atoms with van der Waals surface area (Å²) in [6.45, 7) is 3.69. The molecule has 0 bridgehead atoms. The summed E-state index contributed by atoms with van der Waals surface area (Å²) >= 11 is 0. The maximum atomic E-state index is 5.57. The Morgan fingerprint density at radius 1 is 1.43 bits per heavy atom. The molecule has 0 unspecified atom stereocenters. The SMILES string of the molecule is [B]C(=C)N[C@@H]1CCCc2ccccc21. The Labute approximate surface area is 86.6 Å². The molecule has 1 nitrogen and oxygen atoms in total. The number of hydrogen-bond acceptors (Lipinski definition) is 1. The van der Waals surface area contributed by atoms with E-state index in [0.29, 0.717) is 11.6 Å². The molecule has 0 heterocycles. The average molecular weight is 183 g/mol. The molecule has 1 aliphatic carbocycles. The number of benzene rings is 1. The summed E-state index contributed by atoms with van der Waals surface area (Å²) in [5.41, 5.74) is 3.38. The molecular formula is C12H14BN. The van der Waals surface area contributed by atoms with Gasteiger partial charge in [0.05, 0.1) is 6.04 Å². The van der Waals surface area contributed by atoms with Crippen LogP contribution in [0.5, 0.6) is 0 Å². The van der Waals surface area contributed by atoms with Crippen LogP contribution < -0.4 is 5.32 Å². The molecule has 1 aromatic carbocycles. The van der Waals surface area contributed by atoms with E-state index in [-0.39, 0.29) is 0 Å². The summed E-state index contributed by atoms with van der Waals surface area (Å²) in [5.74, 6) is 0. The molecule has 0 aliphatic heterocycles. The molecule has 1 N–H and O–H groups in total. The van der Waals surface area contributed by atoms with E-state index in [0.717, 1.165) is 6.42 Å². The van der Waals surface area contributed by atoms with Crippen LogP contribution in [-0.4, -0.2) is 7.85 Å². The Bertz CT molecular complexity index is 346. The van der Waals surface area contributed by atoms with Crippen molar-refractivity contribution in [2.75, 3.05) is 0 Å². The van der Waals surface area contributed by atoms with Crippen molar-refractivity contribution >= 4 is 7.85 Å². The van der Waals surface area contributed by atoms with E-state index in [4.69, 9.17) is 7.85 Å². The predicted octanol–water partition coefficient (Wildman–Crippen LogP) is 2.29. The van der Waals surface area contributed by atoms with E-state index >= 15 is 0 Å². The molecule has 2 rings (SSSR count). The van der Waals surface area contributed by atoms with Crippen LogP contribution in [0.3, 0.4) is 0 Å². The second-order valence-corrected chi connectivity index (χ2v) is 3.81. The molecule has 0 saturated heterocycles. The molecule has 0 spiro atoms. The summed E-state index contributed by atoms with van der Waals surface area (Å²) in [5, 5.41) is 3.22. The quantitative estimate of drug-likeness (QED) is 0.693. The van der Waals surface area contributed by atoms with Gasteiger partial charge in [-0.1, -0.05) is 30.8 Å². The molecule has 1 aliphatic rings. The van der Waals surface area contributed by atoms with E-state index in [1.165, 1.54) is 24.0 Å². The van der Waals surface area contributed by atoms with Crippen molar-refractivity contribution in [1.29, 1.82) is 0 Å². The lowest BCUT2D eigenvalue weighted by atomic mass is 9.87. The standard InChI is InChI=1S/C12H14BN/c1-9(13)14-12-8-4-6-10-5-2-3-7-11(10)12/h2-3,5,7,12,14H,1,4,6,8H2/t12-/m1/s1. The van der Waals surface area contributed by atoms with Crippen molar-refractivity contribution < 1.29 is 0 Å². The van der Waals surface area contributed by atoms with Gasteiger partial charge in [-0.2, -0.15) is 0 Å². The second-order valence-electron chi connectivity index (χ2n) is 3.81. The van der Waals surface area contributed by atoms with Crippen molar-refractivity contribution in [3.63, 3.8) is 0 Å². The first-order valence-corrected chi connectivity index (χ1v) is 5.06. The first-order chi connectivity index (χ1) is 6.77. The van der Waals surface area contributed by atoms with Gasteiger partial charge < -0.3 is 5.32 Å². The van der Waals surface area contributed by atoms with Crippen LogP contribution in [0.4, 0.5) is 0 Å². The summed E-state index contributed by atoms with van der Waals surface area (Å²) < 4.78 is 0. The van der Waals surface area contributed by atoms with Crippen molar-refractivity contribution in [2.24, 2.45) is 0 Å². The monoisotopic (exact) mass is 183 g/mol. The van der Waals surface area contributed by atoms with Gasteiger partial charge in [-0.15, -0.1) is 0 Å². The summed E-state index contributed by atoms with van der Waals surface area (Å²) in [7, 11) is 5.57. The van der Waals surface area contributed by atoms with Gasteiger partial charge in [0.25, 0.3) is 0 Å². The van der Waals surface area contributed by atoms with Crippen molar-refractivity contribution in [3.8, 4) is 0 Å². The number of aryl methyl sites for hydroxylation is 1. The van der Waals surface area contributed by atoms with Gasteiger partial charge in [-0.25, -0.2) is 0 Å². The zero-order valence-electron chi connectivity index (χ0n) is 8.29. The van der Waals surface area contributed by atoms with Gasteiger partial charge in [0, 0.05) is 0 Å². The topological polar surface area (TPSA) is 12.0 Å². The average Bonchev–Trinajstić information content (AvgIpc) is 2.18. The molecule has 0 amide bonds. The highest BCUT2D eigenvalue weighted by Gasteiger charge is 2.18. The zero-order chi connectivity index (χ0) is 9.97. The highest BCUT2D eigenvalue weighted by Crippen LogP contribution is 2.29. The molecule has 14 heavy (non-hydrogen) atoms. The molecule has 0 fully saturated rings. The van der Waals surface area contributed by atoms with E-state index in [1.807, 2.05) is 0 Å². The fourth-order valence-electron chi connectivity index (χ4n) is 2.13. The lowest BCUT2D eigenvalue weighted by molar-refractivity contribution is 0.509. The lowest BCUT2D eigenvalue weighted by Crippen LogP contribution is -2.24. The van der Waals surface area contributed by atoms with Crippen LogP contribution in [0.15, 0.2) is 36.4 Å². The van der Waals surface area contributed by atoms with Gasteiger partial charge in [-0.3, -0.25) is 0 Å². The molecule has 1 aromatic rings. The third-order valence-electron chi connectivity index (χ3n) is 2.73. The van der Waals surface area contributed by atoms with Gasteiger partial charge in [0.2, 0.25) is 0 Å². The predicted molar refractivity (Wildman–Crippen MR) is 60.2 cm³/mol. The van der Waals surface area contributed by atoms with Crippen LogP contribution in [0.25, 0.3) is 0 Å². The smallest absolute Gasteiger partial charge is 0.137 e. The van der Waals surface area contributed by atoms with E-state index in [1.54, 1.807) is 0 Å². The largest absolute Gasteiger partial charge is 0.391 e. The molecule has 0 aromatic heterocycles. The van der Waals surface area contributed by atoms with E-state index in [2.05, 4.69) is 36.2 Å². The maximum Gasteiger partial charge on any atom is 0.137 e. The van der Waals surface area contributed by atoms with Crippen LogP contribution in [0.2, 0.25) is 0 Å². The minimum absolute atomic E-state index is 0.359. The molecule has 2 heteroatoms. The first-order valence-electron chi connectivity index (χ1n) is 5.06. The van der Waals surface area contributed by atoms with Crippen molar-refractivity contribution in [1.82, 2.24) is 5.32 Å². The minimum Gasteiger partial charge on any atom is -0.391 e. The Morgan fingerprint density at radius 2 is 2.21 bits per heavy atom. The fraction of sp³-hybridized carbons (Fsp3) is 0.333. The van der Waals surface area contributed by atoms with E-state index < -0.39 is 0 Å². The Balaban J connectivity index is 2.26. The fourth-order valence-corrected chi connectivity index (χ4v) is 2.13. The third kappa shape index (κ3) is 1.84. The third-order valence-corrected chi connectivity index (χ3v) is 2.73. The Kier molecular flexibility index (Phi) is 2.62. The lowest BCUT2D eigenvalue weighted by Gasteiger charge is -2.27. The normalized spacial score (nSPS) is 19.9. The van der Waals surface area contributed by atoms with Crippen molar-refractivity contribution in [2.45, 2.75) is 25.3 Å². The summed E-state index contributed by atoms with van der Waals surface area (Å²) in [4.78, 5) is 0. The molecular weight excluding hydrogens is 169 g/mol. The van der Waals surface area contributed by atoms with Gasteiger partial charge in [0.15, 0.2) is 0 Å². The Hall–Kier alpha value is -1.18. The molecule has 70 valence electrons. The number of rotatable bonds is 2. The first kappa shape index (κ1) is 9.38. The Morgan fingerprint density at radius 3 is 3.00 bits per heavy atom. The van der Waals surface area contributed by atoms with Gasteiger partial charge in [-0.05, 0) is 36.0 Å². The summed E-state index contributed by atoms with van der Waals surface area (Å²) in [6, 6.07) is 8.91. The highest BCUT2D eigenvalue weighted by molar-refractivity contribution is 6.20. The molecule has 0 saturated carbocycles. The maximum absolute atomic E-state index is 5.57. The molecule has 2 radical (unpaired) electrons. The second kappa shape index (κ2) is 3.91. The molecule has 1 atom stereocenters. The van der Waals surface area contributed by atoms with Gasteiger partial charge >= 0.3 is 0 Å². The number of fused-ring (bicyclic) bond motifs is 1. The van der Waals surface area contributed by atoms with Crippen LogP contribution >= 0.6 is 0 Å². The highest BCUT2D eigenvalue weighted by atomic mass is 14.9. The zero-order valence-corrected chi connectivity index (χ0v) is 8.29. The van der Waals surface area contributed by atoms with Crippen molar-refractivity contribution in [3.05, 3.63) is 47.6 Å².